The maximum absolute atomic E-state index is 10.1. The molecule has 0 radical (unpaired) electrons. The number of hydrogen-bond acceptors (Lipinski definition) is 3. The van der Waals surface area contributed by atoms with E-state index < -0.39 is 0 Å². The van der Waals surface area contributed by atoms with Crippen molar-refractivity contribution in [2.24, 2.45) is 0 Å². The molecule has 1 N–H and O–H groups in total. The topological polar surface area (TPSA) is 61.8 Å². The highest BCUT2D eigenvalue weighted by Crippen LogP contribution is 2.23. The van der Waals surface area contributed by atoms with Gasteiger partial charge in [-0.2, -0.15) is 9.99 Å². The highest BCUT2D eigenvalue weighted by molar-refractivity contribution is 5.81. The summed E-state index contributed by atoms with van der Waals surface area (Å²) in [4.78, 5) is 4.36. The van der Waals surface area contributed by atoms with Crippen LogP contribution in [0.2, 0.25) is 0 Å². The van der Waals surface area contributed by atoms with Crippen molar-refractivity contribution in [2.45, 2.75) is 0 Å². The molecule has 1 aromatic heterocycles. The molecule has 0 saturated heterocycles. The zero-order valence-corrected chi connectivity index (χ0v) is 9.41. The summed E-state index contributed by atoms with van der Waals surface area (Å²) in [6.45, 7) is 0. The predicted octanol–water partition coefficient (Wildman–Crippen LogP) is 2.81. The number of aromatic nitrogens is 2. The highest BCUT2D eigenvalue weighted by Gasteiger charge is 2.11. The fourth-order valence-corrected chi connectivity index (χ4v) is 1.91. The molecule has 0 spiro atoms. The molecule has 18 heavy (non-hydrogen) atoms. The van der Waals surface area contributed by atoms with E-state index in [1.165, 1.54) is 0 Å². The molecule has 3 rings (SSSR count). The normalized spacial score (nSPS) is 10.4. The zero-order valence-electron chi connectivity index (χ0n) is 9.41. The van der Waals surface area contributed by atoms with Gasteiger partial charge < -0.3 is 5.21 Å². The van der Waals surface area contributed by atoms with Gasteiger partial charge in [0, 0.05) is 5.56 Å². The van der Waals surface area contributed by atoms with Gasteiger partial charge in [-0.05, 0) is 18.2 Å². The van der Waals surface area contributed by atoms with Crippen LogP contribution in [0.3, 0.4) is 0 Å². The highest BCUT2D eigenvalue weighted by atomic mass is 16.5. The summed E-state index contributed by atoms with van der Waals surface area (Å²) in [5, 5.41) is 19.0. The van der Waals surface area contributed by atoms with Crippen molar-refractivity contribution in [3.63, 3.8) is 0 Å². The van der Waals surface area contributed by atoms with Crippen molar-refractivity contribution in [3.05, 3.63) is 54.1 Å². The first-order valence-electron chi connectivity index (χ1n) is 5.47. The third kappa shape index (κ3) is 1.50. The number of nitriles is 1. The summed E-state index contributed by atoms with van der Waals surface area (Å²) in [6, 6.07) is 16.5. The van der Waals surface area contributed by atoms with Gasteiger partial charge in [0.15, 0.2) is 5.82 Å². The summed E-state index contributed by atoms with van der Waals surface area (Å²) in [7, 11) is 0. The quantitative estimate of drug-likeness (QED) is 0.660. The van der Waals surface area contributed by atoms with E-state index in [0.29, 0.717) is 22.4 Å². The number of benzene rings is 2. The summed E-state index contributed by atoms with van der Waals surface area (Å²) in [5.41, 5.74) is 2.52. The number of nitrogens with zero attached hydrogens (tertiary/aromatic N) is 3. The molecule has 0 amide bonds. The molecule has 4 heteroatoms. The second-order valence-corrected chi connectivity index (χ2v) is 3.93. The van der Waals surface area contributed by atoms with Gasteiger partial charge in [-0.3, -0.25) is 0 Å². The first kappa shape index (κ1) is 10.4. The minimum atomic E-state index is 0.473. The van der Waals surface area contributed by atoms with Crippen LogP contribution >= 0.6 is 0 Å². The van der Waals surface area contributed by atoms with Gasteiger partial charge in [0.1, 0.15) is 5.52 Å². The molecule has 0 saturated carbocycles. The maximum Gasteiger partial charge on any atom is 0.176 e. The van der Waals surface area contributed by atoms with E-state index in [4.69, 9.17) is 5.26 Å². The lowest BCUT2D eigenvalue weighted by Crippen LogP contribution is -1.93. The number of fused-ring (bicyclic) bond motifs is 1. The lowest BCUT2D eigenvalue weighted by atomic mass is 10.2. The van der Waals surface area contributed by atoms with Gasteiger partial charge in [-0.15, -0.1) is 0 Å². The molecular formula is C14H9N3O. The standard InChI is InChI=1S/C14H9N3O/c15-9-10-6-7-12-13(8-10)17(18)14(16-12)11-4-2-1-3-5-11/h1-8,18H. The second-order valence-electron chi connectivity index (χ2n) is 3.93. The van der Waals surface area contributed by atoms with Gasteiger partial charge >= 0.3 is 0 Å². The molecule has 3 aromatic rings. The lowest BCUT2D eigenvalue weighted by Gasteiger charge is -2.00. The van der Waals surface area contributed by atoms with Gasteiger partial charge in [-0.25, -0.2) is 4.98 Å². The van der Waals surface area contributed by atoms with Crippen LogP contribution in [0, 0.1) is 11.3 Å². The molecule has 1 heterocycles. The Labute approximate surface area is 103 Å². The largest absolute Gasteiger partial charge is 0.426 e. The summed E-state index contributed by atoms with van der Waals surface area (Å²) < 4.78 is 1.02. The third-order valence-electron chi connectivity index (χ3n) is 2.79. The van der Waals surface area contributed by atoms with Crippen LogP contribution in [0.25, 0.3) is 22.4 Å². The zero-order chi connectivity index (χ0) is 12.5. The summed E-state index contributed by atoms with van der Waals surface area (Å²) >= 11 is 0. The third-order valence-corrected chi connectivity index (χ3v) is 2.79. The monoisotopic (exact) mass is 235 g/mol. The first-order chi connectivity index (χ1) is 8.79. The van der Waals surface area contributed by atoms with Crippen LogP contribution in [0.5, 0.6) is 0 Å². The minimum absolute atomic E-state index is 0.473. The molecule has 0 aliphatic heterocycles. The van der Waals surface area contributed by atoms with Crippen molar-refractivity contribution in [3.8, 4) is 17.5 Å². The molecule has 2 aromatic carbocycles. The van der Waals surface area contributed by atoms with Gasteiger partial charge in [0.05, 0.1) is 17.1 Å². The van der Waals surface area contributed by atoms with Crippen molar-refractivity contribution in [1.82, 2.24) is 9.71 Å². The van der Waals surface area contributed by atoms with Gasteiger partial charge in [-0.1, -0.05) is 30.3 Å². The number of hydrogen-bond donors (Lipinski definition) is 1. The Morgan fingerprint density at radius 1 is 1.11 bits per heavy atom. The average Bonchev–Trinajstić information content (AvgIpc) is 2.77. The average molecular weight is 235 g/mol. The van der Waals surface area contributed by atoms with E-state index in [1.807, 2.05) is 36.4 Å². The van der Waals surface area contributed by atoms with E-state index in [-0.39, 0.29) is 0 Å². The molecule has 4 nitrogen and oxygen atoms in total. The van der Waals surface area contributed by atoms with E-state index in [0.717, 1.165) is 10.3 Å². The molecule has 0 atom stereocenters. The fraction of sp³-hybridized carbons (Fsp3) is 0. The van der Waals surface area contributed by atoms with E-state index in [1.54, 1.807) is 18.2 Å². The molecule has 86 valence electrons. The Bertz CT molecular complexity index is 754. The number of rotatable bonds is 1. The maximum atomic E-state index is 10.1. The van der Waals surface area contributed by atoms with Crippen LogP contribution in [0.1, 0.15) is 5.56 Å². The van der Waals surface area contributed by atoms with Gasteiger partial charge in [0.2, 0.25) is 0 Å². The SMILES string of the molecule is N#Cc1ccc2nc(-c3ccccc3)n(O)c2c1. The molecular weight excluding hydrogens is 226 g/mol. The predicted molar refractivity (Wildman–Crippen MR) is 67.1 cm³/mol. The Morgan fingerprint density at radius 2 is 1.89 bits per heavy atom. The summed E-state index contributed by atoms with van der Waals surface area (Å²) in [5.74, 6) is 0.473. The first-order valence-corrected chi connectivity index (χ1v) is 5.47. The Hall–Kier alpha value is -2.80. The Kier molecular flexibility index (Phi) is 2.24. The molecule has 0 unspecified atom stereocenters. The van der Waals surface area contributed by atoms with Gasteiger partial charge in [0.25, 0.3) is 0 Å². The molecule has 0 bridgehead atoms. The molecule has 0 aliphatic rings. The molecule has 0 aliphatic carbocycles. The van der Waals surface area contributed by atoms with Crippen LogP contribution in [0.15, 0.2) is 48.5 Å². The number of imidazole rings is 1. The molecule has 0 fully saturated rings. The van der Waals surface area contributed by atoms with E-state index >= 15 is 0 Å². The van der Waals surface area contributed by atoms with Crippen LogP contribution < -0.4 is 0 Å². The summed E-state index contributed by atoms with van der Waals surface area (Å²) in [6.07, 6.45) is 0. The van der Waals surface area contributed by atoms with Crippen LogP contribution in [0.4, 0.5) is 0 Å². The smallest absolute Gasteiger partial charge is 0.176 e. The van der Waals surface area contributed by atoms with E-state index in [9.17, 15) is 5.21 Å². The fourth-order valence-electron chi connectivity index (χ4n) is 1.91. The lowest BCUT2D eigenvalue weighted by molar-refractivity contribution is 0.203. The van der Waals surface area contributed by atoms with Crippen molar-refractivity contribution in [2.75, 3.05) is 0 Å². The van der Waals surface area contributed by atoms with Crippen molar-refractivity contribution in [1.29, 1.82) is 5.26 Å². The minimum Gasteiger partial charge on any atom is -0.426 e. The van der Waals surface area contributed by atoms with Crippen LogP contribution in [-0.4, -0.2) is 14.9 Å². The van der Waals surface area contributed by atoms with Crippen molar-refractivity contribution >= 4 is 11.0 Å². The van der Waals surface area contributed by atoms with Crippen molar-refractivity contribution < 1.29 is 5.21 Å². The Morgan fingerprint density at radius 3 is 2.61 bits per heavy atom. The van der Waals surface area contributed by atoms with E-state index in [2.05, 4.69) is 4.98 Å². The Balaban J connectivity index is 2.27. The van der Waals surface area contributed by atoms with Crippen LogP contribution in [-0.2, 0) is 0 Å². The second kappa shape index (κ2) is 3.90.